The Morgan fingerprint density at radius 2 is 2.22 bits per heavy atom. The van der Waals surface area contributed by atoms with Crippen molar-refractivity contribution in [3.8, 4) is 0 Å². The Bertz CT molecular complexity index is 410. The number of anilines is 2. The summed E-state index contributed by atoms with van der Waals surface area (Å²) in [7, 11) is 0. The van der Waals surface area contributed by atoms with Gasteiger partial charge < -0.3 is 11.1 Å². The lowest BCUT2D eigenvalue weighted by Crippen LogP contribution is -2.14. The third-order valence-corrected chi connectivity index (χ3v) is 3.34. The lowest BCUT2D eigenvalue weighted by atomic mass is 10.2. The summed E-state index contributed by atoms with van der Waals surface area (Å²) in [6.07, 6.45) is 1.10. The van der Waals surface area contributed by atoms with Crippen LogP contribution in [0.4, 0.5) is 15.8 Å². The van der Waals surface area contributed by atoms with Gasteiger partial charge >= 0.3 is 0 Å². The highest BCUT2D eigenvalue weighted by molar-refractivity contribution is 7.99. The van der Waals surface area contributed by atoms with Gasteiger partial charge in [0.2, 0.25) is 5.91 Å². The molecule has 0 aliphatic heterocycles. The molecule has 0 spiro atoms. The molecule has 1 amide bonds. The fraction of sp³-hybridized carbons (Fsp3) is 0.462. The van der Waals surface area contributed by atoms with Crippen LogP contribution < -0.4 is 11.1 Å². The van der Waals surface area contributed by atoms with E-state index in [1.165, 1.54) is 18.2 Å². The molecule has 0 aromatic heterocycles. The van der Waals surface area contributed by atoms with Gasteiger partial charge in [0.25, 0.3) is 0 Å². The zero-order valence-corrected chi connectivity index (χ0v) is 11.5. The van der Waals surface area contributed by atoms with E-state index in [1.807, 2.05) is 0 Å². The molecule has 0 atom stereocenters. The highest BCUT2D eigenvalue weighted by Crippen LogP contribution is 2.17. The Morgan fingerprint density at radius 3 is 2.83 bits per heavy atom. The molecule has 1 aromatic rings. The van der Waals surface area contributed by atoms with E-state index in [4.69, 9.17) is 5.73 Å². The van der Waals surface area contributed by atoms with Gasteiger partial charge in [0.15, 0.2) is 0 Å². The Labute approximate surface area is 111 Å². The van der Waals surface area contributed by atoms with Crippen LogP contribution in [0.25, 0.3) is 0 Å². The molecule has 0 aliphatic rings. The van der Waals surface area contributed by atoms with Gasteiger partial charge in [-0.3, -0.25) is 4.79 Å². The molecular formula is C13H19FN2OS. The molecule has 0 saturated carbocycles. The summed E-state index contributed by atoms with van der Waals surface area (Å²) in [4.78, 5) is 11.6. The van der Waals surface area contributed by atoms with Crippen molar-refractivity contribution >= 4 is 29.0 Å². The van der Waals surface area contributed by atoms with Crippen molar-refractivity contribution in [2.24, 2.45) is 5.92 Å². The lowest BCUT2D eigenvalue weighted by molar-refractivity contribution is -0.113. The van der Waals surface area contributed by atoms with E-state index in [9.17, 15) is 9.18 Å². The number of nitrogens with one attached hydrogen (secondary N) is 1. The van der Waals surface area contributed by atoms with E-state index in [0.717, 1.165) is 12.2 Å². The molecule has 0 radical (unpaired) electrons. The molecule has 0 heterocycles. The molecular weight excluding hydrogens is 251 g/mol. The number of hydrogen-bond acceptors (Lipinski definition) is 3. The van der Waals surface area contributed by atoms with Crippen LogP contribution in [0.2, 0.25) is 0 Å². The van der Waals surface area contributed by atoms with Crippen LogP contribution in [-0.2, 0) is 4.79 Å². The molecule has 0 bridgehead atoms. The van der Waals surface area contributed by atoms with Gasteiger partial charge in [-0.25, -0.2) is 4.39 Å². The monoisotopic (exact) mass is 270 g/mol. The predicted octanol–water partition coefficient (Wildman–Crippen LogP) is 3.13. The number of nitrogen functional groups attached to an aromatic ring is 1. The number of thioether (sulfide) groups is 1. The van der Waals surface area contributed by atoms with Crippen molar-refractivity contribution in [2.75, 3.05) is 22.6 Å². The standard InChI is InChI=1S/C13H19FN2OS/c1-9(2)5-6-18-8-13(17)16-10-3-4-11(14)12(15)7-10/h3-4,7,9H,5-6,8,15H2,1-2H3,(H,16,17). The summed E-state index contributed by atoms with van der Waals surface area (Å²) in [6, 6.07) is 4.17. The summed E-state index contributed by atoms with van der Waals surface area (Å²) in [5.74, 6) is 1.47. The summed E-state index contributed by atoms with van der Waals surface area (Å²) in [6.45, 7) is 4.31. The average molecular weight is 270 g/mol. The SMILES string of the molecule is CC(C)CCSCC(=O)Nc1ccc(F)c(N)c1. The Morgan fingerprint density at radius 1 is 1.50 bits per heavy atom. The fourth-order valence-electron chi connectivity index (χ4n) is 1.30. The first kappa shape index (κ1) is 14.8. The van der Waals surface area contributed by atoms with Crippen molar-refractivity contribution in [1.29, 1.82) is 0 Å². The predicted molar refractivity (Wildman–Crippen MR) is 76.2 cm³/mol. The Hall–Kier alpha value is -1.23. The second-order valence-corrected chi connectivity index (χ2v) is 5.62. The lowest BCUT2D eigenvalue weighted by Gasteiger charge is -2.07. The Kier molecular flexibility index (Phi) is 5.98. The zero-order valence-electron chi connectivity index (χ0n) is 10.7. The number of carbonyl (C=O) groups excluding carboxylic acids is 1. The van der Waals surface area contributed by atoms with Crippen molar-refractivity contribution in [3.05, 3.63) is 24.0 Å². The van der Waals surface area contributed by atoms with Crippen molar-refractivity contribution in [1.82, 2.24) is 0 Å². The average Bonchev–Trinajstić information content (AvgIpc) is 2.29. The van der Waals surface area contributed by atoms with Crippen LogP contribution in [0, 0.1) is 11.7 Å². The smallest absolute Gasteiger partial charge is 0.234 e. The molecule has 1 rings (SSSR count). The van der Waals surface area contributed by atoms with E-state index in [2.05, 4.69) is 19.2 Å². The van der Waals surface area contributed by atoms with E-state index in [-0.39, 0.29) is 11.6 Å². The maximum Gasteiger partial charge on any atom is 0.234 e. The molecule has 5 heteroatoms. The Balaban J connectivity index is 2.33. The number of hydrogen-bond donors (Lipinski definition) is 2. The number of amides is 1. The largest absolute Gasteiger partial charge is 0.396 e. The van der Waals surface area contributed by atoms with Gasteiger partial charge in [-0.1, -0.05) is 13.8 Å². The minimum atomic E-state index is -0.473. The van der Waals surface area contributed by atoms with E-state index < -0.39 is 5.82 Å². The molecule has 0 aliphatic carbocycles. The molecule has 3 N–H and O–H groups in total. The van der Waals surface area contributed by atoms with Crippen LogP contribution in [0.5, 0.6) is 0 Å². The minimum absolute atomic E-state index is 0.0419. The molecule has 0 fully saturated rings. The van der Waals surface area contributed by atoms with E-state index in [0.29, 0.717) is 17.4 Å². The van der Waals surface area contributed by atoms with Crippen LogP contribution in [0.15, 0.2) is 18.2 Å². The first-order valence-corrected chi connectivity index (χ1v) is 7.07. The van der Waals surface area contributed by atoms with Crippen LogP contribution in [-0.4, -0.2) is 17.4 Å². The van der Waals surface area contributed by atoms with Crippen molar-refractivity contribution < 1.29 is 9.18 Å². The topological polar surface area (TPSA) is 55.1 Å². The molecule has 0 unspecified atom stereocenters. The van der Waals surface area contributed by atoms with Gasteiger partial charge in [-0.15, -0.1) is 0 Å². The number of benzene rings is 1. The van der Waals surface area contributed by atoms with E-state index >= 15 is 0 Å². The number of nitrogens with two attached hydrogens (primary N) is 1. The van der Waals surface area contributed by atoms with Crippen LogP contribution in [0.3, 0.4) is 0 Å². The first-order chi connectivity index (χ1) is 8.49. The van der Waals surface area contributed by atoms with Crippen LogP contribution >= 0.6 is 11.8 Å². The third kappa shape index (κ3) is 5.40. The molecule has 100 valence electrons. The molecule has 1 aromatic carbocycles. The third-order valence-electron chi connectivity index (χ3n) is 2.35. The van der Waals surface area contributed by atoms with Gasteiger partial charge in [0.1, 0.15) is 5.82 Å². The maximum atomic E-state index is 12.9. The molecule has 0 saturated heterocycles. The maximum absolute atomic E-state index is 12.9. The normalized spacial score (nSPS) is 10.7. The number of carbonyl (C=O) groups is 1. The highest BCUT2D eigenvalue weighted by atomic mass is 32.2. The van der Waals surface area contributed by atoms with Gasteiger partial charge in [-0.05, 0) is 36.3 Å². The summed E-state index contributed by atoms with van der Waals surface area (Å²) in [5, 5.41) is 2.69. The second-order valence-electron chi connectivity index (χ2n) is 4.52. The van der Waals surface area contributed by atoms with Crippen molar-refractivity contribution in [2.45, 2.75) is 20.3 Å². The van der Waals surface area contributed by atoms with Crippen molar-refractivity contribution in [3.63, 3.8) is 0 Å². The fourth-order valence-corrected chi connectivity index (χ4v) is 2.34. The summed E-state index contributed by atoms with van der Waals surface area (Å²) in [5.41, 5.74) is 5.99. The van der Waals surface area contributed by atoms with E-state index in [1.54, 1.807) is 11.8 Å². The first-order valence-electron chi connectivity index (χ1n) is 5.91. The zero-order chi connectivity index (χ0) is 13.5. The molecule has 18 heavy (non-hydrogen) atoms. The van der Waals surface area contributed by atoms with Crippen LogP contribution in [0.1, 0.15) is 20.3 Å². The minimum Gasteiger partial charge on any atom is -0.396 e. The summed E-state index contributed by atoms with van der Waals surface area (Å²) >= 11 is 1.60. The van der Waals surface area contributed by atoms with Gasteiger partial charge in [0, 0.05) is 5.69 Å². The highest BCUT2D eigenvalue weighted by Gasteiger charge is 2.05. The quantitative estimate of drug-likeness (QED) is 0.617. The number of rotatable bonds is 6. The van der Waals surface area contributed by atoms with Gasteiger partial charge in [-0.2, -0.15) is 11.8 Å². The summed E-state index contributed by atoms with van der Waals surface area (Å²) < 4.78 is 12.9. The second kappa shape index (κ2) is 7.26. The number of halogens is 1. The molecule has 3 nitrogen and oxygen atoms in total. The van der Waals surface area contributed by atoms with Gasteiger partial charge in [0.05, 0.1) is 11.4 Å².